The Bertz CT molecular complexity index is 974. The molecule has 26 heavy (non-hydrogen) atoms. The van der Waals surface area contributed by atoms with E-state index in [1.807, 2.05) is 12.1 Å². The third-order valence-electron chi connectivity index (χ3n) is 5.75. The van der Waals surface area contributed by atoms with Gasteiger partial charge in [-0.15, -0.1) is 0 Å². The van der Waals surface area contributed by atoms with Crippen LogP contribution < -0.4 is 14.8 Å². The fraction of sp³-hybridized carbons (Fsp3) is 0.318. The van der Waals surface area contributed by atoms with Crippen LogP contribution in [0.3, 0.4) is 0 Å². The van der Waals surface area contributed by atoms with E-state index >= 15 is 0 Å². The van der Waals surface area contributed by atoms with E-state index < -0.39 is 0 Å². The number of ether oxygens (including phenoxy) is 2. The Balaban J connectivity index is 1.74. The number of benzene rings is 2. The summed E-state index contributed by atoms with van der Waals surface area (Å²) in [6, 6.07) is 10.6. The third-order valence-corrected chi connectivity index (χ3v) is 5.75. The standard InChI is InChI=1S/C22H21NO3/c1-12-6-7-14(8-13(12)2)21-15-9-19-20(26-11-25-19)10-17(15)23-16-4-3-5-18(24)22(16)21/h6-10,21,23H,3-5,11H2,1-2H3/t21-/m1/s1. The van der Waals surface area contributed by atoms with Crippen molar-refractivity contribution in [3.05, 3.63) is 63.9 Å². The highest BCUT2D eigenvalue weighted by Crippen LogP contribution is 2.49. The van der Waals surface area contributed by atoms with Crippen LogP contribution >= 0.6 is 0 Å². The molecule has 0 aromatic heterocycles. The lowest BCUT2D eigenvalue weighted by atomic mass is 9.75. The molecule has 3 aliphatic rings. The third kappa shape index (κ3) is 2.25. The summed E-state index contributed by atoms with van der Waals surface area (Å²) in [6.45, 7) is 4.49. The minimum absolute atomic E-state index is 0.0529. The first-order valence-electron chi connectivity index (χ1n) is 9.16. The molecular formula is C22H21NO3. The largest absolute Gasteiger partial charge is 0.454 e. The molecule has 4 heteroatoms. The number of nitrogens with one attached hydrogen (secondary N) is 1. The number of aryl methyl sites for hydroxylation is 2. The van der Waals surface area contributed by atoms with Crippen molar-refractivity contribution in [3.63, 3.8) is 0 Å². The van der Waals surface area contributed by atoms with Crippen LogP contribution in [0.5, 0.6) is 11.5 Å². The first-order chi connectivity index (χ1) is 12.6. The average molecular weight is 347 g/mol. The Labute approximate surface area is 152 Å². The van der Waals surface area contributed by atoms with Crippen molar-refractivity contribution in [2.75, 3.05) is 12.1 Å². The van der Waals surface area contributed by atoms with Crippen molar-refractivity contribution < 1.29 is 14.3 Å². The zero-order valence-corrected chi connectivity index (χ0v) is 15.0. The molecule has 0 saturated heterocycles. The Kier molecular flexibility index (Phi) is 3.36. The summed E-state index contributed by atoms with van der Waals surface area (Å²) in [4.78, 5) is 12.9. The molecule has 1 N–H and O–H groups in total. The predicted molar refractivity (Wildman–Crippen MR) is 99.8 cm³/mol. The number of ketones is 1. The molecule has 0 unspecified atom stereocenters. The van der Waals surface area contributed by atoms with E-state index in [-0.39, 0.29) is 18.5 Å². The van der Waals surface area contributed by atoms with Gasteiger partial charge < -0.3 is 14.8 Å². The lowest BCUT2D eigenvalue weighted by molar-refractivity contribution is -0.116. The molecule has 0 fully saturated rings. The molecule has 4 nitrogen and oxygen atoms in total. The molecule has 2 aliphatic heterocycles. The SMILES string of the molecule is Cc1ccc([C@H]2C3=C(CCCC3=O)Nc3cc4c(cc32)OCO4)cc1C. The molecule has 2 aromatic carbocycles. The van der Waals surface area contributed by atoms with Gasteiger partial charge in [0.25, 0.3) is 0 Å². The van der Waals surface area contributed by atoms with Gasteiger partial charge in [-0.2, -0.15) is 0 Å². The molecule has 0 amide bonds. The second kappa shape index (κ2) is 5.63. The number of carbonyl (C=O) groups is 1. The quantitative estimate of drug-likeness (QED) is 0.819. The fourth-order valence-corrected chi connectivity index (χ4v) is 4.24. The predicted octanol–water partition coefficient (Wildman–Crippen LogP) is 4.60. The van der Waals surface area contributed by atoms with Crippen LogP contribution in [0.15, 0.2) is 41.6 Å². The van der Waals surface area contributed by atoms with Crippen molar-refractivity contribution in [2.24, 2.45) is 0 Å². The molecule has 0 spiro atoms. The van der Waals surface area contributed by atoms with Gasteiger partial charge in [0, 0.05) is 35.4 Å². The van der Waals surface area contributed by atoms with E-state index in [2.05, 4.69) is 37.4 Å². The lowest BCUT2D eigenvalue weighted by Crippen LogP contribution is -2.26. The zero-order valence-electron chi connectivity index (χ0n) is 15.0. The number of hydrogen-bond donors (Lipinski definition) is 1. The number of carbonyl (C=O) groups excluding carboxylic acids is 1. The lowest BCUT2D eigenvalue weighted by Gasteiger charge is -2.34. The van der Waals surface area contributed by atoms with E-state index in [0.29, 0.717) is 6.42 Å². The van der Waals surface area contributed by atoms with Crippen molar-refractivity contribution in [3.8, 4) is 11.5 Å². The molecular weight excluding hydrogens is 326 g/mol. The Morgan fingerprint density at radius 1 is 1.00 bits per heavy atom. The van der Waals surface area contributed by atoms with Gasteiger partial charge in [-0.3, -0.25) is 4.79 Å². The van der Waals surface area contributed by atoms with E-state index in [1.54, 1.807) is 0 Å². The molecule has 132 valence electrons. The molecule has 1 aliphatic carbocycles. The highest BCUT2D eigenvalue weighted by Gasteiger charge is 2.36. The highest BCUT2D eigenvalue weighted by molar-refractivity contribution is 6.01. The second-order valence-corrected chi connectivity index (χ2v) is 7.36. The van der Waals surface area contributed by atoms with Crippen LogP contribution in [0, 0.1) is 13.8 Å². The Morgan fingerprint density at radius 3 is 2.62 bits per heavy atom. The summed E-state index contributed by atoms with van der Waals surface area (Å²) in [5.41, 5.74) is 7.77. The van der Waals surface area contributed by atoms with E-state index in [9.17, 15) is 4.79 Å². The Morgan fingerprint density at radius 2 is 1.81 bits per heavy atom. The van der Waals surface area contributed by atoms with Crippen molar-refractivity contribution >= 4 is 11.5 Å². The van der Waals surface area contributed by atoms with Crippen LogP contribution in [-0.2, 0) is 4.79 Å². The van der Waals surface area contributed by atoms with E-state index in [1.165, 1.54) is 11.1 Å². The molecule has 0 bridgehead atoms. The first kappa shape index (κ1) is 15.5. The summed E-state index contributed by atoms with van der Waals surface area (Å²) in [5, 5.41) is 3.51. The van der Waals surface area contributed by atoms with Gasteiger partial charge in [-0.1, -0.05) is 18.2 Å². The summed E-state index contributed by atoms with van der Waals surface area (Å²) < 4.78 is 11.2. The molecule has 2 heterocycles. The molecule has 1 atom stereocenters. The van der Waals surface area contributed by atoms with Crippen LogP contribution in [0.2, 0.25) is 0 Å². The number of anilines is 1. The van der Waals surface area contributed by atoms with Crippen molar-refractivity contribution in [1.29, 1.82) is 0 Å². The van der Waals surface area contributed by atoms with E-state index in [4.69, 9.17) is 9.47 Å². The molecule has 5 rings (SSSR count). The minimum atomic E-state index is -0.0529. The summed E-state index contributed by atoms with van der Waals surface area (Å²) in [5.74, 6) is 1.72. The number of rotatable bonds is 1. The first-order valence-corrected chi connectivity index (χ1v) is 9.16. The maximum absolute atomic E-state index is 12.9. The van der Waals surface area contributed by atoms with Crippen LogP contribution in [0.4, 0.5) is 5.69 Å². The fourth-order valence-electron chi connectivity index (χ4n) is 4.24. The van der Waals surface area contributed by atoms with Crippen molar-refractivity contribution in [2.45, 2.75) is 39.0 Å². The number of hydrogen-bond acceptors (Lipinski definition) is 4. The molecule has 0 radical (unpaired) electrons. The zero-order chi connectivity index (χ0) is 17.8. The average Bonchev–Trinajstić information content (AvgIpc) is 3.08. The van der Waals surface area contributed by atoms with Crippen LogP contribution in [-0.4, -0.2) is 12.6 Å². The van der Waals surface area contributed by atoms with Gasteiger partial charge in [0.15, 0.2) is 17.3 Å². The van der Waals surface area contributed by atoms with Crippen LogP contribution in [0.1, 0.15) is 47.4 Å². The number of allylic oxidation sites excluding steroid dienone is 2. The highest BCUT2D eigenvalue weighted by atomic mass is 16.7. The van der Waals surface area contributed by atoms with Gasteiger partial charge in [-0.25, -0.2) is 0 Å². The Hall–Kier alpha value is -2.75. The van der Waals surface area contributed by atoms with Gasteiger partial charge in [0.1, 0.15) is 0 Å². The number of Topliss-reactive ketones (excluding diaryl/α,β-unsaturated/α-hetero) is 1. The topological polar surface area (TPSA) is 47.6 Å². The van der Waals surface area contributed by atoms with Gasteiger partial charge in [0.2, 0.25) is 6.79 Å². The van der Waals surface area contributed by atoms with Gasteiger partial charge in [0.05, 0.1) is 0 Å². The normalized spacial score (nSPS) is 20.5. The maximum Gasteiger partial charge on any atom is 0.231 e. The van der Waals surface area contributed by atoms with Crippen LogP contribution in [0.25, 0.3) is 0 Å². The van der Waals surface area contributed by atoms with Gasteiger partial charge >= 0.3 is 0 Å². The van der Waals surface area contributed by atoms with E-state index in [0.717, 1.165) is 52.4 Å². The minimum Gasteiger partial charge on any atom is -0.454 e. The van der Waals surface area contributed by atoms with Gasteiger partial charge in [-0.05, 0) is 55.0 Å². The molecule has 0 saturated carbocycles. The second-order valence-electron chi connectivity index (χ2n) is 7.36. The molecule has 2 aromatic rings. The number of fused-ring (bicyclic) bond motifs is 2. The maximum atomic E-state index is 12.9. The summed E-state index contributed by atoms with van der Waals surface area (Å²) in [7, 11) is 0. The van der Waals surface area contributed by atoms with Crippen molar-refractivity contribution in [1.82, 2.24) is 0 Å². The smallest absolute Gasteiger partial charge is 0.231 e. The summed E-state index contributed by atoms with van der Waals surface area (Å²) >= 11 is 0. The monoisotopic (exact) mass is 347 g/mol. The summed E-state index contributed by atoms with van der Waals surface area (Å²) in [6.07, 6.45) is 2.45.